The number of hydrogen-bond acceptors (Lipinski definition) is 5. The standard InChI is InChI=1S/C26H16O5/c1-13-20-9-16-6-14-4-2-3-5-15(14)7-17-11-22-23(26(29)31-25(22)28)12-19(17)8-18(16)10-21(20)24(27)30-13/h2-5,9-12H,1,6-8H2. The van der Waals surface area contributed by atoms with Gasteiger partial charge in [0.05, 0.1) is 16.7 Å². The van der Waals surface area contributed by atoms with E-state index in [0.717, 1.165) is 33.4 Å². The van der Waals surface area contributed by atoms with Crippen molar-refractivity contribution in [2.45, 2.75) is 19.3 Å². The third kappa shape index (κ3) is 2.66. The molecule has 0 spiro atoms. The topological polar surface area (TPSA) is 69.7 Å². The molecule has 0 bridgehead atoms. The number of cyclic esters (lactones) is 3. The Morgan fingerprint density at radius 2 is 0.935 bits per heavy atom. The number of esters is 3. The quantitative estimate of drug-likeness (QED) is 0.322. The van der Waals surface area contributed by atoms with Crippen molar-refractivity contribution in [3.05, 3.63) is 111 Å². The third-order valence-corrected chi connectivity index (χ3v) is 6.30. The molecular weight excluding hydrogens is 392 g/mol. The first-order valence-corrected chi connectivity index (χ1v) is 10.0. The van der Waals surface area contributed by atoms with Crippen LogP contribution >= 0.6 is 0 Å². The Balaban J connectivity index is 1.61. The Hall–Kier alpha value is -3.99. The molecule has 0 N–H and O–H groups in total. The van der Waals surface area contributed by atoms with Crippen LogP contribution in [0.25, 0.3) is 5.76 Å². The molecule has 150 valence electrons. The predicted molar refractivity (Wildman–Crippen MR) is 112 cm³/mol. The summed E-state index contributed by atoms with van der Waals surface area (Å²) in [5.74, 6) is -1.24. The molecule has 5 nitrogen and oxygen atoms in total. The first-order valence-electron chi connectivity index (χ1n) is 10.0. The molecule has 0 saturated heterocycles. The van der Waals surface area contributed by atoms with E-state index in [1.54, 1.807) is 12.1 Å². The number of fused-ring (bicyclic) bond motifs is 5. The number of carbonyl (C=O) groups is 3. The highest BCUT2D eigenvalue weighted by Crippen LogP contribution is 2.36. The van der Waals surface area contributed by atoms with Gasteiger partial charge in [-0.25, -0.2) is 14.4 Å². The summed E-state index contributed by atoms with van der Waals surface area (Å²) in [7, 11) is 0. The van der Waals surface area contributed by atoms with E-state index in [2.05, 4.69) is 18.7 Å². The number of carbonyl (C=O) groups excluding carboxylic acids is 3. The van der Waals surface area contributed by atoms with Gasteiger partial charge in [-0.3, -0.25) is 0 Å². The molecule has 5 heteroatoms. The van der Waals surface area contributed by atoms with Gasteiger partial charge in [0.1, 0.15) is 5.76 Å². The maximum absolute atomic E-state index is 12.3. The Kier molecular flexibility index (Phi) is 3.60. The largest absolute Gasteiger partial charge is 0.423 e. The molecule has 1 aliphatic carbocycles. The highest BCUT2D eigenvalue weighted by molar-refractivity contribution is 6.15. The maximum Gasteiger partial charge on any atom is 0.346 e. The third-order valence-electron chi connectivity index (χ3n) is 6.30. The number of ether oxygens (including phenoxy) is 2. The zero-order chi connectivity index (χ0) is 21.3. The van der Waals surface area contributed by atoms with Crippen LogP contribution in [0.15, 0.2) is 55.1 Å². The van der Waals surface area contributed by atoms with Crippen molar-refractivity contribution in [2.24, 2.45) is 0 Å². The van der Waals surface area contributed by atoms with Gasteiger partial charge in [0, 0.05) is 5.56 Å². The second-order valence-corrected chi connectivity index (χ2v) is 8.12. The number of benzene rings is 3. The molecule has 0 radical (unpaired) electrons. The van der Waals surface area contributed by atoms with E-state index in [9.17, 15) is 14.4 Å². The molecule has 31 heavy (non-hydrogen) atoms. The van der Waals surface area contributed by atoms with Crippen LogP contribution in [0.4, 0.5) is 0 Å². The Labute approximate surface area is 177 Å². The predicted octanol–water partition coefficient (Wildman–Crippen LogP) is 4.22. The minimum absolute atomic E-state index is 0.298. The van der Waals surface area contributed by atoms with Gasteiger partial charge in [0.25, 0.3) is 0 Å². The van der Waals surface area contributed by atoms with E-state index >= 15 is 0 Å². The highest BCUT2D eigenvalue weighted by atomic mass is 16.6. The molecule has 6 rings (SSSR count). The van der Waals surface area contributed by atoms with E-state index in [1.165, 1.54) is 5.56 Å². The SMILES string of the molecule is C=C1OC(=O)c2cc3c(cc21)Cc1ccccc1Cc1cc2c(cc1C3)C(=O)OC2=O. The molecule has 0 fully saturated rings. The fourth-order valence-corrected chi connectivity index (χ4v) is 4.71. The summed E-state index contributed by atoms with van der Waals surface area (Å²) in [5.41, 5.74) is 8.15. The van der Waals surface area contributed by atoms with Crippen molar-refractivity contribution >= 4 is 23.7 Å². The number of rotatable bonds is 0. The van der Waals surface area contributed by atoms with E-state index in [1.807, 2.05) is 24.3 Å². The zero-order valence-corrected chi connectivity index (χ0v) is 16.5. The van der Waals surface area contributed by atoms with Crippen molar-refractivity contribution in [1.29, 1.82) is 0 Å². The van der Waals surface area contributed by atoms with Crippen LogP contribution in [0.5, 0.6) is 0 Å². The fourth-order valence-electron chi connectivity index (χ4n) is 4.71. The van der Waals surface area contributed by atoms with Crippen LogP contribution in [-0.4, -0.2) is 17.9 Å². The summed E-state index contributed by atoms with van der Waals surface area (Å²) < 4.78 is 10.0. The smallest absolute Gasteiger partial charge is 0.346 e. The van der Waals surface area contributed by atoms with Gasteiger partial charge >= 0.3 is 17.9 Å². The maximum atomic E-state index is 12.3. The lowest BCUT2D eigenvalue weighted by Gasteiger charge is -2.13. The van der Waals surface area contributed by atoms with Crippen molar-refractivity contribution in [1.82, 2.24) is 0 Å². The highest BCUT2D eigenvalue weighted by Gasteiger charge is 2.32. The summed E-state index contributed by atoms with van der Waals surface area (Å²) in [6.45, 7) is 3.86. The fraction of sp³-hybridized carbons (Fsp3) is 0.115. The van der Waals surface area contributed by atoms with Gasteiger partial charge in [-0.1, -0.05) is 30.8 Å². The first kappa shape index (κ1) is 17.8. The second-order valence-electron chi connectivity index (χ2n) is 8.12. The summed E-state index contributed by atoms with van der Waals surface area (Å²) in [4.78, 5) is 36.5. The first-order chi connectivity index (χ1) is 15.0. The number of hydrogen-bond donors (Lipinski definition) is 0. The average molecular weight is 408 g/mol. The van der Waals surface area contributed by atoms with E-state index in [4.69, 9.17) is 9.47 Å². The van der Waals surface area contributed by atoms with Gasteiger partial charge in [0.15, 0.2) is 0 Å². The second kappa shape index (κ2) is 6.25. The Morgan fingerprint density at radius 1 is 0.548 bits per heavy atom. The summed E-state index contributed by atoms with van der Waals surface area (Å²) in [5, 5.41) is 0. The van der Waals surface area contributed by atoms with Gasteiger partial charge in [-0.05, 0) is 76.9 Å². The van der Waals surface area contributed by atoms with E-state index < -0.39 is 17.9 Å². The summed E-state index contributed by atoms with van der Waals surface area (Å²) in [6, 6.07) is 15.6. The minimum Gasteiger partial charge on any atom is -0.423 e. The van der Waals surface area contributed by atoms with Gasteiger partial charge in [-0.15, -0.1) is 0 Å². The van der Waals surface area contributed by atoms with Crippen LogP contribution in [0.2, 0.25) is 0 Å². The summed E-state index contributed by atoms with van der Waals surface area (Å²) >= 11 is 0. The molecular formula is C26H16O5. The van der Waals surface area contributed by atoms with Crippen LogP contribution in [0.3, 0.4) is 0 Å². The normalized spacial score (nSPS) is 16.1. The van der Waals surface area contributed by atoms with Gasteiger partial charge in [0.2, 0.25) is 0 Å². The van der Waals surface area contributed by atoms with Crippen LogP contribution in [0.1, 0.15) is 70.0 Å². The van der Waals surface area contributed by atoms with Gasteiger partial charge < -0.3 is 9.47 Å². The summed E-state index contributed by atoms with van der Waals surface area (Å²) in [6.07, 6.45) is 1.87. The molecule has 2 aliphatic heterocycles. The Morgan fingerprint density at radius 3 is 1.45 bits per heavy atom. The van der Waals surface area contributed by atoms with Gasteiger partial charge in [-0.2, -0.15) is 0 Å². The van der Waals surface area contributed by atoms with Crippen molar-refractivity contribution in [3.8, 4) is 0 Å². The van der Waals surface area contributed by atoms with E-state index in [-0.39, 0.29) is 0 Å². The molecule has 3 aromatic rings. The van der Waals surface area contributed by atoms with Crippen molar-refractivity contribution in [2.75, 3.05) is 0 Å². The lowest BCUT2D eigenvalue weighted by Crippen LogP contribution is -2.04. The molecule has 0 amide bonds. The molecule has 0 saturated carbocycles. The lowest BCUT2D eigenvalue weighted by atomic mass is 9.90. The molecule has 2 heterocycles. The molecule has 3 aromatic carbocycles. The average Bonchev–Trinajstić information content (AvgIpc) is 3.19. The molecule has 0 unspecified atom stereocenters. The minimum atomic E-state index is -0.614. The lowest BCUT2D eigenvalue weighted by molar-refractivity contribution is 0.0443. The molecule has 0 atom stereocenters. The molecule has 3 aliphatic rings. The van der Waals surface area contributed by atoms with E-state index in [0.29, 0.717) is 41.7 Å². The van der Waals surface area contributed by atoms with Crippen LogP contribution < -0.4 is 0 Å². The Bertz CT molecular complexity index is 1270. The molecule has 0 aromatic heterocycles. The monoisotopic (exact) mass is 408 g/mol. The zero-order valence-electron chi connectivity index (χ0n) is 16.5. The van der Waals surface area contributed by atoms with Crippen molar-refractivity contribution < 1.29 is 23.9 Å². The van der Waals surface area contributed by atoms with Crippen molar-refractivity contribution in [3.63, 3.8) is 0 Å². The van der Waals surface area contributed by atoms with Crippen LogP contribution in [-0.2, 0) is 28.7 Å². The van der Waals surface area contributed by atoms with Crippen LogP contribution in [0, 0.1) is 0 Å².